The number of aliphatic carboxylic acids is 1. The Morgan fingerprint density at radius 2 is 2.25 bits per heavy atom. The van der Waals surface area contributed by atoms with Crippen LogP contribution in [0.1, 0.15) is 5.56 Å². The standard InChI is InChI=1S/C9H8FNO5/c1-5-2-3-7(6(4-5)11(14)15)16-8(10)9(12)13/h2-4,8H,1H3,(H,12,13). The van der Waals surface area contributed by atoms with Gasteiger partial charge in [-0.3, -0.25) is 10.1 Å². The molecule has 1 atom stereocenters. The summed E-state index contributed by atoms with van der Waals surface area (Å²) < 4.78 is 17.0. The fourth-order valence-corrected chi connectivity index (χ4v) is 1.03. The predicted molar refractivity (Wildman–Crippen MR) is 51.0 cm³/mol. The van der Waals surface area contributed by atoms with Crippen molar-refractivity contribution < 1.29 is 24.0 Å². The minimum Gasteiger partial charge on any atom is -0.476 e. The first kappa shape index (κ1) is 11.9. The van der Waals surface area contributed by atoms with Crippen molar-refractivity contribution in [3.05, 3.63) is 33.9 Å². The highest BCUT2D eigenvalue weighted by molar-refractivity contribution is 5.71. The Morgan fingerprint density at radius 1 is 1.62 bits per heavy atom. The van der Waals surface area contributed by atoms with Crippen molar-refractivity contribution >= 4 is 11.7 Å². The molecule has 86 valence electrons. The molecule has 16 heavy (non-hydrogen) atoms. The molecule has 0 bridgehead atoms. The Morgan fingerprint density at radius 3 is 2.75 bits per heavy atom. The van der Waals surface area contributed by atoms with Crippen LogP contribution in [0.5, 0.6) is 5.75 Å². The van der Waals surface area contributed by atoms with Gasteiger partial charge in [-0.25, -0.2) is 4.79 Å². The van der Waals surface area contributed by atoms with Gasteiger partial charge in [0.25, 0.3) is 0 Å². The van der Waals surface area contributed by atoms with E-state index in [0.717, 1.165) is 6.07 Å². The van der Waals surface area contributed by atoms with Crippen LogP contribution in [0.2, 0.25) is 0 Å². The molecule has 0 radical (unpaired) electrons. The van der Waals surface area contributed by atoms with E-state index in [0.29, 0.717) is 5.56 Å². The minimum atomic E-state index is -2.62. The van der Waals surface area contributed by atoms with Gasteiger partial charge in [-0.15, -0.1) is 0 Å². The summed E-state index contributed by atoms with van der Waals surface area (Å²) >= 11 is 0. The molecule has 0 aromatic heterocycles. The van der Waals surface area contributed by atoms with Crippen LogP contribution in [-0.4, -0.2) is 22.4 Å². The second kappa shape index (κ2) is 4.56. The number of rotatable bonds is 4. The van der Waals surface area contributed by atoms with E-state index in [1.165, 1.54) is 12.1 Å². The van der Waals surface area contributed by atoms with Crippen molar-refractivity contribution in [3.63, 3.8) is 0 Å². The molecule has 1 unspecified atom stereocenters. The predicted octanol–water partition coefficient (Wildman–Crippen LogP) is 1.66. The lowest BCUT2D eigenvalue weighted by atomic mass is 10.2. The molecule has 0 saturated carbocycles. The lowest BCUT2D eigenvalue weighted by molar-refractivity contribution is -0.386. The van der Waals surface area contributed by atoms with Gasteiger partial charge in [0.05, 0.1) is 4.92 Å². The summed E-state index contributed by atoms with van der Waals surface area (Å²) in [6, 6.07) is 3.78. The van der Waals surface area contributed by atoms with Crippen LogP contribution in [0.15, 0.2) is 18.2 Å². The van der Waals surface area contributed by atoms with Gasteiger partial charge in [0.15, 0.2) is 0 Å². The Hall–Kier alpha value is -2.18. The summed E-state index contributed by atoms with van der Waals surface area (Å²) in [5.41, 5.74) is 0.119. The molecule has 1 rings (SSSR count). The molecule has 0 amide bonds. The van der Waals surface area contributed by atoms with Gasteiger partial charge in [-0.2, -0.15) is 4.39 Å². The zero-order chi connectivity index (χ0) is 12.3. The second-order valence-electron chi connectivity index (χ2n) is 3.00. The van der Waals surface area contributed by atoms with Crippen molar-refractivity contribution in [2.45, 2.75) is 13.3 Å². The molecule has 0 fully saturated rings. The zero-order valence-corrected chi connectivity index (χ0v) is 8.21. The monoisotopic (exact) mass is 229 g/mol. The van der Waals surface area contributed by atoms with Crippen LogP contribution < -0.4 is 4.74 Å². The Bertz CT molecular complexity index is 434. The van der Waals surface area contributed by atoms with Crippen molar-refractivity contribution in [3.8, 4) is 5.75 Å². The third kappa shape index (κ3) is 2.66. The van der Waals surface area contributed by atoms with Crippen LogP contribution in [0.4, 0.5) is 10.1 Å². The molecule has 6 nitrogen and oxygen atoms in total. The molecule has 1 aromatic rings. The minimum absolute atomic E-state index is 0.412. The number of ether oxygens (including phenoxy) is 1. The number of alkyl halides is 1. The van der Waals surface area contributed by atoms with Crippen LogP contribution in [0, 0.1) is 17.0 Å². The smallest absolute Gasteiger partial charge is 0.378 e. The molecule has 0 spiro atoms. The quantitative estimate of drug-likeness (QED) is 0.626. The number of carbonyl (C=O) groups is 1. The van der Waals surface area contributed by atoms with Gasteiger partial charge in [-0.05, 0) is 18.6 Å². The first-order chi connectivity index (χ1) is 7.41. The number of halogens is 1. The van der Waals surface area contributed by atoms with E-state index in [9.17, 15) is 19.3 Å². The fraction of sp³-hybridized carbons (Fsp3) is 0.222. The number of benzene rings is 1. The maximum atomic E-state index is 12.7. The zero-order valence-electron chi connectivity index (χ0n) is 8.21. The van der Waals surface area contributed by atoms with E-state index < -0.39 is 28.7 Å². The second-order valence-corrected chi connectivity index (χ2v) is 3.00. The number of aryl methyl sites for hydroxylation is 1. The Kier molecular flexibility index (Phi) is 3.39. The van der Waals surface area contributed by atoms with Crippen LogP contribution in [0.3, 0.4) is 0 Å². The summed E-state index contributed by atoms with van der Waals surface area (Å²) in [5, 5.41) is 18.8. The summed E-state index contributed by atoms with van der Waals surface area (Å²) in [5.74, 6) is -2.25. The van der Waals surface area contributed by atoms with Crippen LogP contribution in [0.25, 0.3) is 0 Å². The van der Waals surface area contributed by atoms with E-state index in [4.69, 9.17) is 5.11 Å². The highest BCUT2D eigenvalue weighted by Gasteiger charge is 2.23. The SMILES string of the molecule is Cc1ccc(OC(F)C(=O)O)c([N+](=O)[O-])c1. The van der Waals surface area contributed by atoms with Crippen molar-refractivity contribution in [2.24, 2.45) is 0 Å². The fourth-order valence-electron chi connectivity index (χ4n) is 1.03. The average Bonchev–Trinajstić information content (AvgIpc) is 2.20. The summed E-state index contributed by atoms with van der Waals surface area (Å²) in [6.45, 7) is 1.61. The maximum absolute atomic E-state index is 12.7. The summed E-state index contributed by atoms with van der Waals surface area (Å²) in [7, 11) is 0. The third-order valence-corrected chi connectivity index (χ3v) is 1.74. The molecular weight excluding hydrogens is 221 g/mol. The largest absolute Gasteiger partial charge is 0.476 e. The van der Waals surface area contributed by atoms with E-state index in [1.807, 2.05) is 0 Å². The molecule has 0 aliphatic carbocycles. The van der Waals surface area contributed by atoms with Gasteiger partial charge >= 0.3 is 18.0 Å². The Labute approximate surface area is 89.4 Å². The maximum Gasteiger partial charge on any atom is 0.378 e. The van der Waals surface area contributed by atoms with Crippen molar-refractivity contribution in [1.82, 2.24) is 0 Å². The summed E-state index contributed by atoms with van der Waals surface area (Å²) in [4.78, 5) is 20.0. The number of hydrogen-bond acceptors (Lipinski definition) is 4. The van der Waals surface area contributed by atoms with E-state index in [2.05, 4.69) is 4.74 Å². The molecule has 1 aromatic carbocycles. The van der Waals surface area contributed by atoms with Gasteiger partial charge in [0, 0.05) is 6.07 Å². The van der Waals surface area contributed by atoms with Gasteiger partial charge in [-0.1, -0.05) is 6.07 Å². The number of nitrogens with zero attached hydrogens (tertiary/aromatic N) is 1. The number of carboxylic acids is 1. The summed E-state index contributed by atoms with van der Waals surface area (Å²) in [6.07, 6.45) is -2.62. The highest BCUT2D eigenvalue weighted by Crippen LogP contribution is 2.28. The Balaban J connectivity index is 3.04. The number of nitro benzene ring substituents is 1. The molecule has 0 aliphatic rings. The van der Waals surface area contributed by atoms with Crippen LogP contribution >= 0.6 is 0 Å². The van der Waals surface area contributed by atoms with E-state index in [-0.39, 0.29) is 0 Å². The van der Waals surface area contributed by atoms with Gasteiger partial charge in [0.2, 0.25) is 5.75 Å². The molecule has 0 saturated heterocycles. The molecule has 0 aliphatic heterocycles. The van der Waals surface area contributed by atoms with E-state index >= 15 is 0 Å². The topological polar surface area (TPSA) is 89.7 Å². The normalized spacial score (nSPS) is 11.9. The highest BCUT2D eigenvalue weighted by atomic mass is 19.1. The average molecular weight is 229 g/mol. The van der Waals surface area contributed by atoms with Gasteiger partial charge < -0.3 is 9.84 Å². The first-order valence-electron chi connectivity index (χ1n) is 4.20. The number of nitro groups is 1. The van der Waals surface area contributed by atoms with Crippen molar-refractivity contribution in [1.29, 1.82) is 0 Å². The van der Waals surface area contributed by atoms with Gasteiger partial charge in [0.1, 0.15) is 0 Å². The number of hydrogen-bond donors (Lipinski definition) is 1. The first-order valence-corrected chi connectivity index (χ1v) is 4.20. The lowest BCUT2D eigenvalue weighted by Gasteiger charge is -2.07. The molecular formula is C9H8FNO5. The van der Waals surface area contributed by atoms with E-state index in [1.54, 1.807) is 6.92 Å². The number of carboxylic acid groups (broad SMARTS) is 1. The third-order valence-electron chi connectivity index (χ3n) is 1.74. The molecule has 0 heterocycles. The van der Waals surface area contributed by atoms with Crippen molar-refractivity contribution in [2.75, 3.05) is 0 Å². The lowest BCUT2D eigenvalue weighted by Crippen LogP contribution is -2.21. The molecule has 1 N–H and O–H groups in total. The van der Waals surface area contributed by atoms with Crippen LogP contribution in [-0.2, 0) is 4.79 Å². The molecule has 7 heteroatoms.